The molecule has 8 heteroatoms. The number of halogens is 1. The van der Waals surface area contributed by atoms with Crippen molar-refractivity contribution in [3.8, 4) is 0 Å². The number of nitro groups is 1. The van der Waals surface area contributed by atoms with Gasteiger partial charge in [-0.2, -0.15) is 0 Å². The maximum absolute atomic E-state index is 11.9. The van der Waals surface area contributed by atoms with Crippen molar-refractivity contribution in [2.75, 3.05) is 7.11 Å². The maximum atomic E-state index is 11.9. The molecule has 0 heterocycles. The summed E-state index contributed by atoms with van der Waals surface area (Å²) in [5.74, 6) is -1.19. The van der Waals surface area contributed by atoms with Crippen molar-refractivity contribution in [1.29, 1.82) is 0 Å². The smallest absolute Gasteiger partial charge is 0.328 e. The van der Waals surface area contributed by atoms with E-state index in [0.29, 0.717) is 5.56 Å². The molecular formula is C15H17ClN2O5. The molecule has 1 unspecified atom stereocenters. The second-order valence-electron chi connectivity index (χ2n) is 5.05. The van der Waals surface area contributed by atoms with Gasteiger partial charge in [-0.3, -0.25) is 14.9 Å². The Labute approximate surface area is 138 Å². The van der Waals surface area contributed by atoms with E-state index in [1.54, 1.807) is 19.9 Å². The molecule has 0 aliphatic rings. The molecular weight excluding hydrogens is 324 g/mol. The van der Waals surface area contributed by atoms with Crippen LogP contribution in [0.25, 0.3) is 6.08 Å². The standard InChI is InChI=1S/C15H17ClN2O5/c1-9(2)14(15(20)23-3)17-13(19)7-5-10-4-6-11(16)12(8-10)18(21)22/h4-9,14H,1-3H3,(H,17,19). The summed E-state index contributed by atoms with van der Waals surface area (Å²) in [6.07, 6.45) is 2.58. The number of hydrogen-bond acceptors (Lipinski definition) is 5. The Bertz CT molecular complexity index is 643. The van der Waals surface area contributed by atoms with Gasteiger partial charge in [0.2, 0.25) is 5.91 Å². The molecule has 1 aromatic rings. The van der Waals surface area contributed by atoms with Crippen molar-refractivity contribution >= 4 is 35.2 Å². The fourth-order valence-electron chi connectivity index (χ4n) is 1.77. The molecule has 0 fully saturated rings. The minimum atomic E-state index is -0.767. The average Bonchev–Trinajstić information content (AvgIpc) is 2.50. The number of nitrogens with zero attached hydrogens (tertiary/aromatic N) is 1. The fraction of sp³-hybridized carbons (Fsp3) is 0.333. The topological polar surface area (TPSA) is 98.5 Å². The molecule has 1 amide bonds. The Morgan fingerprint density at radius 2 is 2.04 bits per heavy atom. The van der Waals surface area contributed by atoms with E-state index >= 15 is 0 Å². The van der Waals surface area contributed by atoms with Crippen LogP contribution in [0, 0.1) is 16.0 Å². The van der Waals surface area contributed by atoms with Crippen LogP contribution in [0.4, 0.5) is 5.69 Å². The molecule has 1 aromatic carbocycles. The lowest BCUT2D eigenvalue weighted by Crippen LogP contribution is -2.44. The zero-order valence-electron chi connectivity index (χ0n) is 12.9. The van der Waals surface area contributed by atoms with Crippen molar-refractivity contribution in [2.24, 2.45) is 5.92 Å². The number of carbonyl (C=O) groups excluding carboxylic acids is 2. The third kappa shape index (κ3) is 5.37. The Hall–Kier alpha value is -2.41. The largest absolute Gasteiger partial charge is 0.467 e. The number of ether oxygens (including phenoxy) is 1. The normalized spacial score (nSPS) is 12.2. The first-order chi connectivity index (χ1) is 10.8. The molecule has 0 aliphatic carbocycles. The molecule has 0 aromatic heterocycles. The summed E-state index contributed by atoms with van der Waals surface area (Å²) in [7, 11) is 1.24. The summed E-state index contributed by atoms with van der Waals surface area (Å²) in [4.78, 5) is 33.6. The van der Waals surface area contributed by atoms with Gasteiger partial charge in [0.1, 0.15) is 11.1 Å². The highest BCUT2D eigenvalue weighted by atomic mass is 35.5. The van der Waals surface area contributed by atoms with Gasteiger partial charge in [0, 0.05) is 12.1 Å². The summed E-state index contributed by atoms with van der Waals surface area (Å²) < 4.78 is 4.63. The first-order valence-electron chi connectivity index (χ1n) is 6.76. The van der Waals surface area contributed by atoms with Crippen molar-refractivity contribution in [2.45, 2.75) is 19.9 Å². The van der Waals surface area contributed by atoms with Crippen LogP contribution in [0.3, 0.4) is 0 Å². The van der Waals surface area contributed by atoms with Gasteiger partial charge in [-0.1, -0.05) is 31.5 Å². The van der Waals surface area contributed by atoms with Crippen LogP contribution in [0.15, 0.2) is 24.3 Å². The predicted molar refractivity (Wildman–Crippen MR) is 85.9 cm³/mol. The minimum absolute atomic E-state index is 0.0159. The van der Waals surface area contributed by atoms with Gasteiger partial charge < -0.3 is 10.1 Å². The Morgan fingerprint density at radius 3 is 2.57 bits per heavy atom. The van der Waals surface area contributed by atoms with E-state index in [0.717, 1.165) is 0 Å². The van der Waals surface area contributed by atoms with Gasteiger partial charge in [0.15, 0.2) is 0 Å². The number of benzene rings is 1. The van der Waals surface area contributed by atoms with Crippen molar-refractivity contribution in [1.82, 2.24) is 5.32 Å². The summed E-state index contributed by atoms with van der Waals surface area (Å²) >= 11 is 5.71. The first-order valence-corrected chi connectivity index (χ1v) is 7.14. The lowest BCUT2D eigenvalue weighted by Gasteiger charge is -2.18. The van der Waals surface area contributed by atoms with Crippen LogP contribution < -0.4 is 5.32 Å². The zero-order valence-corrected chi connectivity index (χ0v) is 13.7. The molecule has 124 valence electrons. The van der Waals surface area contributed by atoms with Crippen LogP contribution in [-0.2, 0) is 14.3 Å². The Kier molecular flexibility index (Phi) is 6.71. The van der Waals surface area contributed by atoms with Crippen LogP contribution in [0.2, 0.25) is 5.02 Å². The zero-order chi connectivity index (χ0) is 17.6. The highest BCUT2D eigenvalue weighted by Crippen LogP contribution is 2.25. The van der Waals surface area contributed by atoms with E-state index in [1.165, 1.54) is 31.4 Å². The lowest BCUT2D eigenvalue weighted by molar-refractivity contribution is -0.384. The number of nitrogens with one attached hydrogen (secondary N) is 1. The Morgan fingerprint density at radius 1 is 1.39 bits per heavy atom. The quantitative estimate of drug-likeness (QED) is 0.371. The van der Waals surface area contributed by atoms with E-state index in [1.807, 2.05) is 0 Å². The van der Waals surface area contributed by atoms with Gasteiger partial charge in [0.25, 0.3) is 5.69 Å². The van der Waals surface area contributed by atoms with Crippen molar-refractivity contribution < 1.29 is 19.2 Å². The molecule has 0 aliphatic heterocycles. The molecule has 0 radical (unpaired) electrons. The molecule has 1 N–H and O–H groups in total. The van der Waals surface area contributed by atoms with Gasteiger partial charge in [-0.05, 0) is 23.6 Å². The fourth-order valence-corrected chi connectivity index (χ4v) is 1.96. The number of carbonyl (C=O) groups is 2. The van der Waals surface area contributed by atoms with Crippen LogP contribution >= 0.6 is 11.6 Å². The molecule has 1 rings (SSSR count). The summed E-state index contributed by atoms with van der Waals surface area (Å²) in [6, 6.07) is 3.41. The average molecular weight is 341 g/mol. The van der Waals surface area contributed by atoms with E-state index in [4.69, 9.17) is 11.6 Å². The number of rotatable bonds is 6. The number of methoxy groups -OCH3 is 1. The second-order valence-corrected chi connectivity index (χ2v) is 5.46. The molecule has 0 saturated heterocycles. The van der Waals surface area contributed by atoms with Gasteiger partial charge in [-0.25, -0.2) is 4.79 Å². The third-order valence-electron chi connectivity index (χ3n) is 3.01. The van der Waals surface area contributed by atoms with Crippen molar-refractivity contribution in [3.05, 3.63) is 45.0 Å². The van der Waals surface area contributed by atoms with Crippen molar-refractivity contribution in [3.63, 3.8) is 0 Å². The maximum Gasteiger partial charge on any atom is 0.328 e. The second kappa shape index (κ2) is 8.28. The first kappa shape index (κ1) is 18.6. The predicted octanol–water partition coefficient (Wildman–Crippen LogP) is 2.58. The minimum Gasteiger partial charge on any atom is -0.467 e. The molecule has 0 spiro atoms. The SMILES string of the molecule is COC(=O)C(NC(=O)C=Cc1ccc(Cl)c([N+](=O)[O-])c1)C(C)C. The summed E-state index contributed by atoms with van der Waals surface area (Å²) in [6.45, 7) is 3.54. The van der Waals surface area contributed by atoms with Crippen LogP contribution in [-0.4, -0.2) is 30.0 Å². The van der Waals surface area contributed by atoms with E-state index < -0.39 is 22.8 Å². The van der Waals surface area contributed by atoms with Crippen LogP contribution in [0.5, 0.6) is 0 Å². The van der Waals surface area contributed by atoms with E-state index in [-0.39, 0.29) is 16.6 Å². The summed E-state index contributed by atoms with van der Waals surface area (Å²) in [5.41, 5.74) is 0.194. The number of esters is 1. The molecule has 0 bridgehead atoms. The number of nitro benzene ring substituents is 1. The van der Waals surface area contributed by atoms with Gasteiger partial charge >= 0.3 is 5.97 Å². The highest BCUT2D eigenvalue weighted by molar-refractivity contribution is 6.32. The van der Waals surface area contributed by atoms with E-state index in [9.17, 15) is 19.7 Å². The van der Waals surface area contributed by atoms with Gasteiger partial charge in [0.05, 0.1) is 12.0 Å². The summed E-state index contributed by atoms with van der Waals surface area (Å²) in [5, 5.41) is 13.3. The monoisotopic (exact) mass is 340 g/mol. The number of amides is 1. The Balaban J connectivity index is 2.84. The lowest BCUT2D eigenvalue weighted by atomic mass is 10.0. The molecule has 7 nitrogen and oxygen atoms in total. The van der Waals surface area contributed by atoms with Gasteiger partial charge in [-0.15, -0.1) is 0 Å². The number of hydrogen-bond donors (Lipinski definition) is 1. The van der Waals surface area contributed by atoms with E-state index in [2.05, 4.69) is 10.1 Å². The molecule has 1 atom stereocenters. The third-order valence-corrected chi connectivity index (χ3v) is 3.33. The van der Waals surface area contributed by atoms with Crippen LogP contribution in [0.1, 0.15) is 19.4 Å². The highest BCUT2D eigenvalue weighted by Gasteiger charge is 2.23. The molecule has 23 heavy (non-hydrogen) atoms. The molecule has 0 saturated carbocycles.